The molecule has 0 radical (unpaired) electrons. The van der Waals surface area contributed by atoms with E-state index in [0.29, 0.717) is 5.92 Å². The minimum atomic E-state index is -0.610. The molecule has 0 aromatic carbocycles. The second-order valence-electron chi connectivity index (χ2n) is 4.53. The zero-order valence-corrected chi connectivity index (χ0v) is 9.61. The normalized spacial score (nSPS) is 27.0. The van der Waals surface area contributed by atoms with E-state index < -0.39 is 5.97 Å². The third-order valence-corrected chi connectivity index (χ3v) is 3.20. The maximum Gasteiger partial charge on any atom is 0.306 e. The number of hydrogen-bond acceptors (Lipinski definition) is 1. The molecule has 1 aliphatic rings. The SMILES string of the molecule is CCCCC=CC1CCC[C@@H](C(=O)O)C1. The Morgan fingerprint density at radius 2 is 2.27 bits per heavy atom. The summed E-state index contributed by atoms with van der Waals surface area (Å²) in [5.41, 5.74) is 0. The van der Waals surface area contributed by atoms with Crippen molar-refractivity contribution in [2.45, 2.75) is 51.9 Å². The molecule has 1 rings (SSSR count). The summed E-state index contributed by atoms with van der Waals surface area (Å²) in [5.74, 6) is -0.196. The van der Waals surface area contributed by atoms with Gasteiger partial charge in [0.25, 0.3) is 0 Å². The van der Waals surface area contributed by atoms with Crippen LogP contribution in [-0.2, 0) is 4.79 Å². The first kappa shape index (κ1) is 12.3. The topological polar surface area (TPSA) is 37.3 Å². The average molecular weight is 210 g/mol. The van der Waals surface area contributed by atoms with Gasteiger partial charge in [-0.05, 0) is 31.6 Å². The molecule has 0 aromatic heterocycles. The lowest BCUT2D eigenvalue weighted by molar-refractivity contribution is -0.143. The summed E-state index contributed by atoms with van der Waals surface area (Å²) in [6, 6.07) is 0. The van der Waals surface area contributed by atoms with E-state index >= 15 is 0 Å². The van der Waals surface area contributed by atoms with Crippen LogP contribution in [0, 0.1) is 11.8 Å². The molecule has 1 fully saturated rings. The molecule has 0 saturated heterocycles. The van der Waals surface area contributed by atoms with Gasteiger partial charge in [0.2, 0.25) is 0 Å². The van der Waals surface area contributed by atoms with Crippen LogP contribution in [0.1, 0.15) is 51.9 Å². The van der Waals surface area contributed by atoms with Gasteiger partial charge in [-0.3, -0.25) is 4.79 Å². The number of rotatable bonds is 5. The van der Waals surface area contributed by atoms with Crippen molar-refractivity contribution in [3.05, 3.63) is 12.2 Å². The van der Waals surface area contributed by atoms with E-state index in [1.54, 1.807) is 0 Å². The van der Waals surface area contributed by atoms with Crippen LogP contribution in [0.3, 0.4) is 0 Å². The van der Waals surface area contributed by atoms with Gasteiger partial charge in [-0.2, -0.15) is 0 Å². The first-order chi connectivity index (χ1) is 7.24. The highest BCUT2D eigenvalue weighted by molar-refractivity contribution is 5.70. The lowest BCUT2D eigenvalue weighted by Crippen LogP contribution is -2.21. The summed E-state index contributed by atoms with van der Waals surface area (Å²) >= 11 is 0. The standard InChI is InChI=1S/C13H22O2/c1-2-3-4-5-7-11-8-6-9-12(10-11)13(14)15/h5,7,11-12H,2-4,6,8-10H2,1H3,(H,14,15)/t11?,12-/m1/s1. The number of aliphatic carboxylic acids is 1. The Balaban J connectivity index is 2.29. The number of allylic oxidation sites excluding steroid dienone is 2. The molecule has 0 aliphatic heterocycles. The Labute approximate surface area is 92.4 Å². The maximum atomic E-state index is 10.9. The Morgan fingerprint density at radius 1 is 1.47 bits per heavy atom. The summed E-state index contributed by atoms with van der Waals surface area (Å²) in [6.07, 6.45) is 12.0. The van der Waals surface area contributed by atoms with Crippen LogP contribution in [-0.4, -0.2) is 11.1 Å². The highest BCUT2D eigenvalue weighted by atomic mass is 16.4. The maximum absolute atomic E-state index is 10.9. The first-order valence-electron chi connectivity index (χ1n) is 6.13. The summed E-state index contributed by atoms with van der Waals surface area (Å²) in [5, 5.41) is 8.94. The zero-order valence-electron chi connectivity index (χ0n) is 9.61. The Kier molecular flexibility index (Phi) is 5.44. The van der Waals surface area contributed by atoms with E-state index in [2.05, 4.69) is 19.1 Å². The van der Waals surface area contributed by atoms with Crippen molar-refractivity contribution in [2.75, 3.05) is 0 Å². The molecule has 1 unspecified atom stereocenters. The Morgan fingerprint density at radius 3 is 2.93 bits per heavy atom. The summed E-state index contributed by atoms with van der Waals surface area (Å²) in [7, 11) is 0. The fraction of sp³-hybridized carbons (Fsp3) is 0.769. The van der Waals surface area contributed by atoms with E-state index in [4.69, 9.17) is 5.11 Å². The molecule has 0 aromatic rings. The molecule has 1 saturated carbocycles. The smallest absolute Gasteiger partial charge is 0.306 e. The predicted molar refractivity (Wildman–Crippen MR) is 61.7 cm³/mol. The molecule has 1 aliphatic carbocycles. The van der Waals surface area contributed by atoms with E-state index in [0.717, 1.165) is 25.7 Å². The van der Waals surface area contributed by atoms with Crippen LogP contribution < -0.4 is 0 Å². The highest BCUT2D eigenvalue weighted by Gasteiger charge is 2.25. The van der Waals surface area contributed by atoms with Gasteiger partial charge in [-0.1, -0.05) is 38.3 Å². The third kappa shape index (κ3) is 4.50. The Bertz CT molecular complexity index is 221. The summed E-state index contributed by atoms with van der Waals surface area (Å²) in [4.78, 5) is 10.9. The van der Waals surface area contributed by atoms with Crippen molar-refractivity contribution < 1.29 is 9.90 Å². The lowest BCUT2D eigenvalue weighted by atomic mass is 9.81. The molecule has 0 bridgehead atoms. The van der Waals surface area contributed by atoms with Gasteiger partial charge < -0.3 is 5.11 Å². The van der Waals surface area contributed by atoms with E-state index in [1.165, 1.54) is 19.3 Å². The molecule has 2 atom stereocenters. The minimum Gasteiger partial charge on any atom is -0.481 e. The van der Waals surface area contributed by atoms with Gasteiger partial charge in [-0.25, -0.2) is 0 Å². The number of carboxylic acids is 1. The zero-order chi connectivity index (χ0) is 11.1. The summed E-state index contributed by atoms with van der Waals surface area (Å²) in [6.45, 7) is 2.19. The van der Waals surface area contributed by atoms with Crippen molar-refractivity contribution in [1.29, 1.82) is 0 Å². The number of carbonyl (C=O) groups is 1. The van der Waals surface area contributed by atoms with Crippen molar-refractivity contribution in [3.63, 3.8) is 0 Å². The molecule has 0 spiro atoms. The van der Waals surface area contributed by atoms with E-state index in [9.17, 15) is 4.79 Å². The molecule has 1 N–H and O–H groups in total. The molecule has 15 heavy (non-hydrogen) atoms. The molecule has 86 valence electrons. The van der Waals surface area contributed by atoms with Crippen molar-refractivity contribution in [2.24, 2.45) is 11.8 Å². The highest BCUT2D eigenvalue weighted by Crippen LogP contribution is 2.30. The molecular formula is C13H22O2. The number of hydrogen-bond donors (Lipinski definition) is 1. The lowest BCUT2D eigenvalue weighted by Gasteiger charge is -2.24. The van der Waals surface area contributed by atoms with Crippen molar-refractivity contribution >= 4 is 5.97 Å². The van der Waals surface area contributed by atoms with Crippen molar-refractivity contribution in [3.8, 4) is 0 Å². The number of carboxylic acid groups (broad SMARTS) is 1. The van der Waals surface area contributed by atoms with Gasteiger partial charge in [0.05, 0.1) is 5.92 Å². The fourth-order valence-corrected chi connectivity index (χ4v) is 2.24. The van der Waals surface area contributed by atoms with Crippen LogP contribution in [0.2, 0.25) is 0 Å². The number of unbranched alkanes of at least 4 members (excludes halogenated alkanes) is 2. The minimum absolute atomic E-state index is 0.0976. The second-order valence-corrected chi connectivity index (χ2v) is 4.53. The van der Waals surface area contributed by atoms with Crippen LogP contribution in [0.25, 0.3) is 0 Å². The van der Waals surface area contributed by atoms with Crippen LogP contribution in [0.15, 0.2) is 12.2 Å². The quantitative estimate of drug-likeness (QED) is 0.556. The molecule has 0 amide bonds. The van der Waals surface area contributed by atoms with Gasteiger partial charge in [-0.15, -0.1) is 0 Å². The third-order valence-electron chi connectivity index (χ3n) is 3.20. The second kappa shape index (κ2) is 6.65. The Hall–Kier alpha value is -0.790. The molecule has 0 heterocycles. The fourth-order valence-electron chi connectivity index (χ4n) is 2.24. The van der Waals surface area contributed by atoms with Crippen molar-refractivity contribution in [1.82, 2.24) is 0 Å². The van der Waals surface area contributed by atoms with Crippen LogP contribution in [0.5, 0.6) is 0 Å². The first-order valence-corrected chi connectivity index (χ1v) is 6.13. The average Bonchev–Trinajstić information content (AvgIpc) is 2.25. The van der Waals surface area contributed by atoms with Crippen LogP contribution in [0.4, 0.5) is 0 Å². The van der Waals surface area contributed by atoms with Gasteiger partial charge in [0.1, 0.15) is 0 Å². The molecule has 2 nitrogen and oxygen atoms in total. The van der Waals surface area contributed by atoms with Crippen LogP contribution >= 0.6 is 0 Å². The molecular weight excluding hydrogens is 188 g/mol. The van der Waals surface area contributed by atoms with Gasteiger partial charge >= 0.3 is 5.97 Å². The summed E-state index contributed by atoms with van der Waals surface area (Å²) < 4.78 is 0. The van der Waals surface area contributed by atoms with Gasteiger partial charge in [0.15, 0.2) is 0 Å². The monoisotopic (exact) mass is 210 g/mol. The largest absolute Gasteiger partial charge is 0.481 e. The predicted octanol–water partition coefficient (Wildman–Crippen LogP) is 3.62. The van der Waals surface area contributed by atoms with Gasteiger partial charge in [0, 0.05) is 0 Å². The van der Waals surface area contributed by atoms with E-state index in [-0.39, 0.29) is 5.92 Å². The van der Waals surface area contributed by atoms with E-state index in [1.807, 2.05) is 0 Å². The molecule has 2 heteroatoms.